The van der Waals surface area contributed by atoms with E-state index in [1.54, 1.807) is 19.1 Å². The number of hydrogen-bond acceptors (Lipinski definition) is 3. The number of furan rings is 1. The third-order valence-electron chi connectivity index (χ3n) is 3.10. The summed E-state index contributed by atoms with van der Waals surface area (Å²) in [5.41, 5.74) is 0.170. The van der Waals surface area contributed by atoms with Crippen LogP contribution in [-0.2, 0) is 0 Å². The molecule has 7 heteroatoms. The Morgan fingerprint density at radius 2 is 2.14 bits per heavy atom. The summed E-state index contributed by atoms with van der Waals surface area (Å²) >= 11 is 0. The average Bonchev–Trinajstić information content (AvgIpc) is 2.98. The van der Waals surface area contributed by atoms with Gasteiger partial charge in [0.2, 0.25) is 0 Å². The quantitative estimate of drug-likeness (QED) is 0.795. The van der Waals surface area contributed by atoms with Crippen molar-refractivity contribution >= 4 is 6.03 Å². The zero-order chi connectivity index (χ0) is 16.1. The van der Waals surface area contributed by atoms with Crippen molar-refractivity contribution in [1.29, 1.82) is 0 Å². The van der Waals surface area contributed by atoms with E-state index < -0.39 is 29.8 Å². The molecule has 3 N–H and O–H groups in total. The van der Waals surface area contributed by atoms with Gasteiger partial charge in [0.15, 0.2) is 0 Å². The normalized spacial score (nSPS) is 13.5. The van der Waals surface area contributed by atoms with Crippen molar-refractivity contribution in [2.75, 3.05) is 6.54 Å². The summed E-state index contributed by atoms with van der Waals surface area (Å²) in [4.78, 5) is 11.7. The van der Waals surface area contributed by atoms with Crippen molar-refractivity contribution in [2.45, 2.75) is 19.1 Å². The largest absolute Gasteiger partial charge is 0.467 e. The maximum atomic E-state index is 13.6. The van der Waals surface area contributed by atoms with E-state index in [1.807, 2.05) is 0 Å². The van der Waals surface area contributed by atoms with E-state index >= 15 is 0 Å². The predicted molar refractivity (Wildman–Crippen MR) is 75.0 cm³/mol. The highest BCUT2D eigenvalue weighted by Gasteiger charge is 2.16. The van der Waals surface area contributed by atoms with Gasteiger partial charge in [-0.25, -0.2) is 13.6 Å². The maximum absolute atomic E-state index is 13.6. The molecule has 2 atom stereocenters. The lowest BCUT2D eigenvalue weighted by molar-refractivity contribution is 0.147. The smallest absolute Gasteiger partial charge is 0.315 e. The van der Waals surface area contributed by atoms with E-state index in [4.69, 9.17) is 4.42 Å². The zero-order valence-electron chi connectivity index (χ0n) is 11.8. The van der Waals surface area contributed by atoms with Crippen molar-refractivity contribution in [2.24, 2.45) is 0 Å². The summed E-state index contributed by atoms with van der Waals surface area (Å²) in [6.45, 7) is 1.51. The monoisotopic (exact) mass is 310 g/mol. The van der Waals surface area contributed by atoms with Crippen molar-refractivity contribution in [1.82, 2.24) is 10.6 Å². The second-order valence-corrected chi connectivity index (χ2v) is 4.77. The molecular weight excluding hydrogens is 294 g/mol. The van der Waals surface area contributed by atoms with Gasteiger partial charge in [-0.05, 0) is 25.1 Å². The second kappa shape index (κ2) is 7.04. The van der Waals surface area contributed by atoms with Crippen LogP contribution in [0.3, 0.4) is 0 Å². The van der Waals surface area contributed by atoms with Gasteiger partial charge in [0.05, 0.1) is 18.8 Å². The summed E-state index contributed by atoms with van der Waals surface area (Å²) in [6.07, 6.45) is 0.441. The van der Waals surface area contributed by atoms with Crippen LogP contribution in [0.2, 0.25) is 0 Å². The molecule has 1 aromatic carbocycles. The molecule has 22 heavy (non-hydrogen) atoms. The number of aliphatic hydroxyl groups excluding tert-OH is 1. The summed E-state index contributed by atoms with van der Waals surface area (Å²) in [5, 5.41) is 14.7. The fourth-order valence-electron chi connectivity index (χ4n) is 1.95. The number of amides is 2. The van der Waals surface area contributed by atoms with Gasteiger partial charge in [-0.3, -0.25) is 0 Å². The molecular formula is C15H16F2N2O3. The predicted octanol–water partition coefficient (Wildman–Crippen LogP) is 2.65. The van der Waals surface area contributed by atoms with Gasteiger partial charge in [-0.15, -0.1) is 0 Å². The first-order valence-corrected chi connectivity index (χ1v) is 6.68. The Morgan fingerprint density at radius 3 is 2.77 bits per heavy atom. The Morgan fingerprint density at radius 1 is 1.36 bits per heavy atom. The summed E-state index contributed by atoms with van der Waals surface area (Å²) in [7, 11) is 0. The number of carbonyl (C=O) groups excluding carboxylic acids is 1. The van der Waals surface area contributed by atoms with Gasteiger partial charge in [-0.2, -0.15) is 0 Å². The number of halogens is 2. The molecule has 0 saturated carbocycles. The molecule has 118 valence electrons. The number of aliphatic hydroxyl groups is 1. The van der Waals surface area contributed by atoms with Crippen LogP contribution < -0.4 is 10.6 Å². The molecule has 2 aromatic rings. The lowest BCUT2D eigenvalue weighted by atomic mass is 10.1. The Labute approximate surface area is 125 Å². The molecule has 0 aliphatic heterocycles. The first-order chi connectivity index (χ1) is 10.5. The van der Waals surface area contributed by atoms with E-state index in [2.05, 4.69) is 10.6 Å². The van der Waals surface area contributed by atoms with Crippen LogP contribution in [0.4, 0.5) is 13.6 Å². The Hall–Kier alpha value is -2.41. The third kappa shape index (κ3) is 4.05. The molecule has 0 bridgehead atoms. The Balaban J connectivity index is 1.86. The highest BCUT2D eigenvalue weighted by atomic mass is 19.1. The van der Waals surface area contributed by atoms with Crippen LogP contribution in [0.1, 0.15) is 30.4 Å². The Bertz CT molecular complexity index is 632. The van der Waals surface area contributed by atoms with E-state index in [-0.39, 0.29) is 12.1 Å². The first-order valence-electron chi connectivity index (χ1n) is 6.68. The fourth-order valence-corrected chi connectivity index (χ4v) is 1.95. The molecule has 5 nitrogen and oxygen atoms in total. The van der Waals surface area contributed by atoms with Crippen LogP contribution in [0.5, 0.6) is 0 Å². The summed E-state index contributed by atoms with van der Waals surface area (Å²) < 4.78 is 31.4. The zero-order valence-corrected chi connectivity index (χ0v) is 11.8. The standard InChI is InChI=1S/C15H16F2N2O3/c1-9(11-5-4-10(16)7-12(11)17)19-15(21)18-8-13(20)14-3-2-6-22-14/h2-7,9,13,20H,8H2,1H3,(H2,18,19,21). The van der Waals surface area contributed by atoms with E-state index in [0.29, 0.717) is 5.76 Å². The van der Waals surface area contributed by atoms with Crippen LogP contribution in [0.15, 0.2) is 41.0 Å². The first kappa shape index (κ1) is 16.0. The highest BCUT2D eigenvalue weighted by Crippen LogP contribution is 2.17. The van der Waals surface area contributed by atoms with Crippen LogP contribution in [-0.4, -0.2) is 17.7 Å². The molecule has 0 aliphatic rings. The van der Waals surface area contributed by atoms with Crippen molar-refractivity contribution < 1.29 is 23.1 Å². The molecule has 0 aliphatic carbocycles. The van der Waals surface area contributed by atoms with Gasteiger partial charge in [0, 0.05) is 11.6 Å². The van der Waals surface area contributed by atoms with Gasteiger partial charge in [0.25, 0.3) is 0 Å². The van der Waals surface area contributed by atoms with Gasteiger partial charge in [0.1, 0.15) is 23.5 Å². The molecule has 0 radical (unpaired) electrons. The fraction of sp³-hybridized carbons (Fsp3) is 0.267. The van der Waals surface area contributed by atoms with Crippen molar-refractivity contribution in [3.63, 3.8) is 0 Å². The molecule has 1 heterocycles. The molecule has 2 rings (SSSR count). The molecule has 0 spiro atoms. The number of rotatable bonds is 5. The number of carbonyl (C=O) groups is 1. The van der Waals surface area contributed by atoms with E-state index in [1.165, 1.54) is 12.3 Å². The lowest BCUT2D eigenvalue weighted by Gasteiger charge is -2.16. The third-order valence-corrected chi connectivity index (χ3v) is 3.10. The maximum Gasteiger partial charge on any atom is 0.315 e. The second-order valence-electron chi connectivity index (χ2n) is 4.77. The minimum absolute atomic E-state index is 0.0576. The van der Waals surface area contributed by atoms with Gasteiger partial charge < -0.3 is 20.2 Å². The number of urea groups is 1. The van der Waals surface area contributed by atoms with Gasteiger partial charge >= 0.3 is 6.03 Å². The van der Waals surface area contributed by atoms with Crippen molar-refractivity contribution in [3.05, 3.63) is 59.6 Å². The van der Waals surface area contributed by atoms with Crippen LogP contribution >= 0.6 is 0 Å². The van der Waals surface area contributed by atoms with E-state index in [9.17, 15) is 18.7 Å². The Kier molecular flexibility index (Phi) is 5.11. The lowest BCUT2D eigenvalue weighted by Crippen LogP contribution is -2.39. The van der Waals surface area contributed by atoms with Crippen LogP contribution in [0, 0.1) is 11.6 Å². The molecule has 0 saturated heterocycles. The molecule has 2 amide bonds. The van der Waals surface area contributed by atoms with E-state index in [0.717, 1.165) is 12.1 Å². The summed E-state index contributed by atoms with van der Waals surface area (Å²) in [6, 6.07) is 5.12. The summed E-state index contributed by atoms with van der Waals surface area (Å²) in [5.74, 6) is -1.08. The minimum atomic E-state index is -0.974. The number of benzene rings is 1. The average molecular weight is 310 g/mol. The number of nitrogens with one attached hydrogen (secondary N) is 2. The number of hydrogen-bond donors (Lipinski definition) is 3. The molecule has 1 aromatic heterocycles. The topological polar surface area (TPSA) is 74.5 Å². The SMILES string of the molecule is CC(NC(=O)NCC(O)c1ccco1)c1ccc(F)cc1F. The van der Waals surface area contributed by atoms with Crippen molar-refractivity contribution in [3.8, 4) is 0 Å². The van der Waals surface area contributed by atoms with Gasteiger partial charge in [-0.1, -0.05) is 6.07 Å². The minimum Gasteiger partial charge on any atom is -0.467 e. The molecule has 2 unspecified atom stereocenters. The highest BCUT2D eigenvalue weighted by molar-refractivity contribution is 5.74. The molecule has 0 fully saturated rings. The van der Waals surface area contributed by atoms with Crippen LogP contribution in [0.25, 0.3) is 0 Å².